The summed E-state index contributed by atoms with van der Waals surface area (Å²) in [5.41, 5.74) is 3.10. The fourth-order valence-electron chi connectivity index (χ4n) is 3.66. The largest absolute Gasteiger partial charge is 0.351 e. The summed E-state index contributed by atoms with van der Waals surface area (Å²) in [7, 11) is -0.184. The lowest BCUT2D eigenvalue weighted by Crippen LogP contribution is -2.41. The van der Waals surface area contributed by atoms with Crippen LogP contribution >= 0.6 is 11.6 Å². The number of aryl methyl sites for hydroxylation is 1. The van der Waals surface area contributed by atoms with Crippen LogP contribution in [0.5, 0.6) is 0 Å². The minimum Gasteiger partial charge on any atom is -0.351 e. The third-order valence-corrected chi connectivity index (χ3v) is 8.14. The summed E-state index contributed by atoms with van der Waals surface area (Å²) >= 11 is 6.28. The molecule has 0 atom stereocenters. The molecule has 0 aliphatic carbocycles. The van der Waals surface area contributed by atoms with Crippen molar-refractivity contribution in [2.45, 2.75) is 25.3 Å². The molecule has 0 heterocycles. The minimum atomic E-state index is -4.05. The Balaban J connectivity index is 1.73. The van der Waals surface area contributed by atoms with Crippen LogP contribution in [0.2, 0.25) is 5.02 Å². The van der Waals surface area contributed by atoms with Crippen molar-refractivity contribution in [2.24, 2.45) is 0 Å². The van der Waals surface area contributed by atoms with Crippen molar-refractivity contribution in [3.63, 3.8) is 0 Å². The van der Waals surface area contributed by atoms with Crippen molar-refractivity contribution in [1.29, 1.82) is 0 Å². The molecule has 3 rings (SSSR count). The van der Waals surface area contributed by atoms with E-state index in [4.69, 9.17) is 11.6 Å². The molecule has 0 saturated heterocycles. The number of amides is 2. The van der Waals surface area contributed by atoms with E-state index in [0.29, 0.717) is 28.4 Å². The zero-order valence-electron chi connectivity index (χ0n) is 22.0. The van der Waals surface area contributed by atoms with Crippen molar-refractivity contribution < 1.29 is 18.0 Å². The van der Waals surface area contributed by atoms with Crippen molar-refractivity contribution in [1.82, 2.24) is 15.5 Å². The maximum Gasteiger partial charge on any atom is 0.264 e. The fraction of sp³-hybridized carbons (Fsp3) is 0.286. The molecule has 3 aromatic carbocycles. The van der Waals surface area contributed by atoms with Crippen LogP contribution in [0.15, 0.2) is 71.6 Å². The Morgan fingerprint density at radius 2 is 1.55 bits per heavy atom. The molecular weight excluding hydrogens is 524 g/mol. The lowest BCUT2D eigenvalue weighted by atomic mass is 10.1. The van der Waals surface area contributed by atoms with E-state index in [2.05, 4.69) is 10.6 Å². The van der Waals surface area contributed by atoms with E-state index in [1.807, 2.05) is 25.9 Å². The Kier molecular flexibility index (Phi) is 9.90. The van der Waals surface area contributed by atoms with Crippen LogP contribution in [0.4, 0.5) is 5.69 Å². The first-order chi connectivity index (χ1) is 18.0. The number of anilines is 1. The van der Waals surface area contributed by atoms with Crippen molar-refractivity contribution in [3.05, 3.63) is 94.0 Å². The highest BCUT2D eigenvalue weighted by molar-refractivity contribution is 7.92. The van der Waals surface area contributed by atoms with Gasteiger partial charge in [-0.05, 0) is 75.5 Å². The van der Waals surface area contributed by atoms with Crippen LogP contribution in [-0.2, 0) is 21.4 Å². The van der Waals surface area contributed by atoms with E-state index in [-0.39, 0.29) is 17.3 Å². The molecule has 2 amide bonds. The van der Waals surface area contributed by atoms with Gasteiger partial charge in [0, 0.05) is 30.2 Å². The Morgan fingerprint density at radius 3 is 2.18 bits per heavy atom. The predicted octanol–water partition coefficient (Wildman–Crippen LogP) is 3.76. The minimum absolute atomic E-state index is 0.0784. The standard InChI is InChI=1S/C28H33ClN4O4S/c1-20-8-14-24(15-9-20)38(36,37)33(26-7-5-6-25(29)21(26)2)19-27(34)31-18-22-10-12-23(13-11-22)28(35)30-16-17-32(3)4/h5-15H,16-19H2,1-4H3,(H,30,35)(H,31,34). The number of benzene rings is 3. The normalized spacial score (nSPS) is 11.3. The summed E-state index contributed by atoms with van der Waals surface area (Å²) in [4.78, 5) is 27.3. The van der Waals surface area contributed by atoms with Crippen LogP contribution in [0.1, 0.15) is 27.0 Å². The molecule has 0 bridgehead atoms. The van der Waals surface area contributed by atoms with Gasteiger partial charge in [0.2, 0.25) is 5.91 Å². The molecule has 0 fully saturated rings. The maximum absolute atomic E-state index is 13.6. The molecule has 38 heavy (non-hydrogen) atoms. The van der Waals surface area contributed by atoms with Gasteiger partial charge in [-0.1, -0.05) is 47.5 Å². The number of carbonyl (C=O) groups excluding carboxylic acids is 2. The summed E-state index contributed by atoms with van der Waals surface area (Å²) in [6.45, 7) is 4.61. The van der Waals surface area contributed by atoms with Crippen LogP contribution in [0, 0.1) is 13.8 Å². The second-order valence-electron chi connectivity index (χ2n) is 9.24. The predicted molar refractivity (Wildman–Crippen MR) is 151 cm³/mol. The van der Waals surface area contributed by atoms with Gasteiger partial charge in [0.25, 0.3) is 15.9 Å². The Morgan fingerprint density at radius 1 is 0.895 bits per heavy atom. The number of likely N-dealkylation sites (N-methyl/N-ethyl adjacent to an activating group) is 1. The molecular formula is C28H33ClN4O4S. The smallest absolute Gasteiger partial charge is 0.264 e. The summed E-state index contributed by atoms with van der Waals surface area (Å²) in [5, 5.41) is 6.03. The van der Waals surface area contributed by atoms with Crippen LogP contribution in [0.25, 0.3) is 0 Å². The van der Waals surface area contributed by atoms with Gasteiger partial charge >= 0.3 is 0 Å². The molecule has 2 N–H and O–H groups in total. The SMILES string of the molecule is Cc1ccc(S(=O)(=O)N(CC(=O)NCc2ccc(C(=O)NCCN(C)C)cc2)c2cccc(Cl)c2C)cc1. The highest BCUT2D eigenvalue weighted by atomic mass is 35.5. The summed E-state index contributed by atoms with van der Waals surface area (Å²) in [6, 6.07) is 18.3. The molecule has 0 aromatic heterocycles. The van der Waals surface area contributed by atoms with E-state index in [0.717, 1.165) is 22.0 Å². The van der Waals surface area contributed by atoms with Gasteiger partial charge < -0.3 is 15.5 Å². The average Bonchev–Trinajstić information content (AvgIpc) is 2.88. The molecule has 0 radical (unpaired) electrons. The Bertz CT molecular complexity index is 1370. The lowest BCUT2D eigenvalue weighted by molar-refractivity contribution is -0.119. The number of sulfonamides is 1. The zero-order chi connectivity index (χ0) is 27.9. The summed E-state index contributed by atoms with van der Waals surface area (Å²) in [6.07, 6.45) is 0. The molecule has 0 aliphatic rings. The van der Waals surface area contributed by atoms with Gasteiger partial charge in [-0.2, -0.15) is 0 Å². The van der Waals surface area contributed by atoms with E-state index in [1.54, 1.807) is 61.5 Å². The molecule has 0 aliphatic heterocycles. The third kappa shape index (κ3) is 7.56. The van der Waals surface area contributed by atoms with Crippen molar-refractivity contribution >= 4 is 39.1 Å². The number of nitrogens with one attached hydrogen (secondary N) is 2. The van der Waals surface area contributed by atoms with Crippen LogP contribution in [-0.4, -0.2) is 58.9 Å². The van der Waals surface area contributed by atoms with E-state index >= 15 is 0 Å². The van der Waals surface area contributed by atoms with Gasteiger partial charge in [-0.15, -0.1) is 0 Å². The van der Waals surface area contributed by atoms with E-state index < -0.39 is 22.5 Å². The molecule has 0 unspecified atom stereocenters. The topological polar surface area (TPSA) is 98.8 Å². The van der Waals surface area contributed by atoms with Crippen LogP contribution < -0.4 is 14.9 Å². The van der Waals surface area contributed by atoms with Crippen LogP contribution in [0.3, 0.4) is 0 Å². The molecule has 0 saturated carbocycles. The van der Waals surface area contributed by atoms with E-state index in [9.17, 15) is 18.0 Å². The average molecular weight is 557 g/mol. The first-order valence-electron chi connectivity index (χ1n) is 12.1. The second-order valence-corrected chi connectivity index (χ2v) is 11.5. The molecule has 8 nitrogen and oxygen atoms in total. The van der Waals surface area contributed by atoms with Gasteiger partial charge in [-0.3, -0.25) is 13.9 Å². The Hall–Kier alpha value is -3.40. The first kappa shape index (κ1) is 29.2. The van der Waals surface area contributed by atoms with Crippen molar-refractivity contribution in [2.75, 3.05) is 38.0 Å². The zero-order valence-corrected chi connectivity index (χ0v) is 23.6. The summed E-state index contributed by atoms with van der Waals surface area (Å²) < 4.78 is 28.3. The number of halogens is 1. The second kappa shape index (κ2) is 12.9. The molecule has 10 heteroatoms. The van der Waals surface area contributed by atoms with Crippen molar-refractivity contribution in [3.8, 4) is 0 Å². The highest BCUT2D eigenvalue weighted by Gasteiger charge is 2.28. The monoisotopic (exact) mass is 556 g/mol. The Labute approximate surface area is 229 Å². The number of rotatable bonds is 11. The number of hydrogen-bond donors (Lipinski definition) is 2. The first-order valence-corrected chi connectivity index (χ1v) is 13.9. The maximum atomic E-state index is 13.6. The molecule has 202 valence electrons. The van der Waals surface area contributed by atoms with Gasteiger partial charge in [0.05, 0.1) is 10.6 Å². The van der Waals surface area contributed by atoms with Gasteiger partial charge in [0.1, 0.15) is 6.54 Å². The van der Waals surface area contributed by atoms with Gasteiger partial charge in [-0.25, -0.2) is 8.42 Å². The fourth-order valence-corrected chi connectivity index (χ4v) is 5.31. The molecule has 0 spiro atoms. The number of carbonyl (C=O) groups is 2. The number of hydrogen-bond acceptors (Lipinski definition) is 5. The summed E-state index contributed by atoms with van der Waals surface area (Å²) in [5.74, 6) is -0.651. The lowest BCUT2D eigenvalue weighted by Gasteiger charge is -2.26. The molecule has 3 aromatic rings. The highest BCUT2D eigenvalue weighted by Crippen LogP contribution is 2.30. The quantitative estimate of drug-likeness (QED) is 0.375. The van der Waals surface area contributed by atoms with E-state index in [1.165, 1.54) is 12.1 Å². The third-order valence-electron chi connectivity index (χ3n) is 5.95. The van der Waals surface area contributed by atoms with Gasteiger partial charge in [0.15, 0.2) is 0 Å². The number of nitrogens with zero attached hydrogens (tertiary/aromatic N) is 2.